The fourth-order valence-corrected chi connectivity index (χ4v) is 1.12. The molecule has 0 bridgehead atoms. The van der Waals surface area contributed by atoms with E-state index in [0.29, 0.717) is 0 Å². The van der Waals surface area contributed by atoms with E-state index >= 15 is 0 Å². The minimum atomic E-state index is 1.14. The van der Waals surface area contributed by atoms with Crippen LogP contribution in [0.15, 0.2) is 0 Å². The first kappa shape index (κ1) is 4.66. The summed E-state index contributed by atoms with van der Waals surface area (Å²) in [5.41, 5.74) is 0. The van der Waals surface area contributed by atoms with Gasteiger partial charge < -0.3 is 0 Å². The molecular weight excluding hydrogens is 129 g/mol. The second kappa shape index (κ2) is 1.24. The summed E-state index contributed by atoms with van der Waals surface area (Å²) in [6.45, 7) is 0. The zero-order valence-corrected chi connectivity index (χ0v) is 6.00. The molecule has 0 aliphatic heterocycles. The molecule has 0 nitrogen and oxygen atoms in total. The first-order valence-corrected chi connectivity index (χ1v) is 3.00. The Morgan fingerprint density at radius 2 is 0.833 bits per heavy atom. The molecule has 30 valence electrons. The maximum Gasteiger partial charge on any atom is 0.0189 e. The van der Waals surface area contributed by atoms with E-state index in [0.717, 1.165) is 15.9 Å². The Kier molecular flexibility index (Phi) is 0.963. The summed E-state index contributed by atoms with van der Waals surface area (Å²) < 4.78 is 0. The van der Waals surface area contributed by atoms with Gasteiger partial charge in [-0.25, -0.2) is 0 Å². The van der Waals surface area contributed by atoms with Crippen LogP contribution in [0.25, 0.3) is 0 Å². The van der Waals surface area contributed by atoms with Crippen molar-refractivity contribution < 1.29 is 0 Å². The van der Waals surface area contributed by atoms with Crippen LogP contribution in [0.2, 0.25) is 0 Å². The molecule has 0 spiro atoms. The minimum Gasteiger partial charge on any atom is -0.112 e. The third-order valence-corrected chi connectivity index (χ3v) is 2.94. The summed E-state index contributed by atoms with van der Waals surface area (Å²) in [5.74, 6) is 0. The van der Waals surface area contributed by atoms with E-state index < -0.39 is 0 Å². The molecule has 0 unspecified atom stereocenters. The van der Waals surface area contributed by atoms with Crippen LogP contribution in [0.1, 0.15) is 0 Å². The Labute approximate surface area is 43.2 Å². The van der Waals surface area contributed by atoms with Crippen molar-refractivity contribution in [2.45, 2.75) is 0 Å². The molecule has 0 amide bonds. The van der Waals surface area contributed by atoms with E-state index in [2.05, 4.69) is 26.6 Å². The summed E-state index contributed by atoms with van der Waals surface area (Å²) in [4.78, 5) is 0. The summed E-state index contributed by atoms with van der Waals surface area (Å²) in [7, 11) is 9.91. The van der Waals surface area contributed by atoms with Crippen molar-refractivity contribution in [2.75, 3.05) is 0 Å². The van der Waals surface area contributed by atoms with E-state index in [4.69, 9.17) is 0 Å². The number of hydrogen-bond acceptors (Lipinski definition) is 0. The molecule has 1 aliphatic carbocycles. The van der Waals surface area contributed by atoms with E-state index in [1.165, 1.54) is 0 Å². The largest absolute Gasteiger partial charge is 0.112 e. The predicted molar refractivity (Wildman–Crippen MR) is 40.0 cm³/mol. The highest BCUT2D eigenvalue weighted by Gasteiger charge is 2.23. The van der Waals surface area contributed by atoms with Gasteiger partial charge in [0.15, 0.2) is 0 Å². The first-order chi connectivity index (χ1) is 2.73. The number of hydrogen-bond donors (Lipinski definition) is 0. The van der Waals surface area contributed by atoms with Gasteiger partial charge in [0.1, 0.15) is 0 Å². The van der Waals surface area contributed by atoms with Gasteiger partial charge in [0.2, 0.25) is 0 Å². The maximum absolute atomic E-state index is 3.30. The first-order valence-electron chi connectivity index (χ1n) is 1.50. The third-order valence-electron chi connectivity index (χ3n) is 0.688. The zero-order valence-electron chi connectivity index (χ0n) is 3.00. The monoisotopic (exact) mass is 132 g/mol. The van der Waals surface area contributed by atoms with E-state index in [9.17, 15) is 0 Å². The highest BCUT2D eigenvalue weighted by Crippen LogP contribution is 2.12. The van der Waals surface area contributed by atoms with Crippen LogP contribution < -0.4 is 0 Å². The molecule has 0 aromatic rings. The van der Waals surface area contributed by atoms with Gasteiger partial charge >= 0.3 is 0 Å². The molecule has 3 heteroatoms. The van der Waals surface area contributed by atoms with E-state index in [1.54, 1.807) is 0 Å². The van der Waals surface area contributed by atoms with Crippen LogP contribution in [0.3, 0.4) is 0 Å². The molecule has 0 heterocycles. The lowest BCUT2D eigenvalue weighted by Gasteiger charge is -1.38. The predicted octanol–water partition coefficient (Wildman–Crippen LogP) is 0.946. The lowest BCUT2D eigenvalue weighted by molar-refractivity contribution is 3.84. The van der Waals surface area contributed by atoms with Crippen LogP contribution in [0, 0.1) is 0 Å². The molecule has 0 atom stereocenters. The van der Waals surface area contributed by atoms with Gasteiger partial charge in [-0.2, -0.15) is 0 Å². The second-order valence-electron chi connectivity index (χ2n) is 1.12. The highest BCUT2D eigenvalue weighted by atomic mass is 31.0. The van der Waals surface area contributed by atoms with Crippen molar-refractivity contribution in [3.63, 3.8) is 0 Å². The van der Waals surface area contributed by atoms with Gasteiger partial charge in [0, 0.05) is 15.9 Å². The third kappa shape index (κ3) is 0.503. The van der Waals surface area contributed by atoms with E-state index in [-0.39, 0.29) is 0 Å². The van der Waals surface area contributed by atoms with Crippen molar-refractivity contribution in [1.82, 2.24) is 0 Å². The molecule has 0 aromatic carbocycles. The van der Waals surface area contributed by atoms with Crippen molar-refractivity contribution >= 4 is 42.5 Å². The average Bonchev–Trinajstić information content (AvgIpc) is 1.94. The molecule has 0 radical (unpaired) electrons. The fraction of sp³-hybridized carbons (Fsp3) is 0. The normalized spacial score (nSPS) is 19.0. The topological polar surface area (TPSA) is 0 Å². The van der Waals surface area contributed by atoms with Crippen molar-refractivity contribution in [1.29, 1.82) is 0 Å². The number of rotatable bonds is 0. The summed E-state index contributed by atoms with van der Waals surface area (Å²) in [6.07, 6.45) is 0. The SMILES string of the molecule is P=C1C(=P)C1=P. The summed E-state index contributed by atoms with van der Waals surface area (Å²) in [6, 6.07) is 0. The molecule has 1 rings (SSSR count). The van der Waals surface area contributed by atoms with Crippen LogP contribution in [-0.2, 0) is 0 Å². The minimum absolute atomic E-state index is 1.14. The Hall–Kier alpha value is 0.510. The second-order valence-corrected chi connectivity index (χ2v) is 2.62. The molecule has 0 N–H and O–H groups in total. The standard InChI is InChI=1S/C3H3P3/c4-1-2(5)3(1)6/h4-6H. The molecule has 1 fully saturated rings. The quantitative estimate of drug-likeness (QED) is 0.430. The molecule has 1 saturated carbocycles. The molecule has 6 heavy (non-hydrogen) atoms. The van der Waals surface area contributed by atoms with E-state index in [1.807, 2.05) is 0 Å². The van der Waals surface area contributed by atoms with Crippen molar-refractivity contribution in [3.8, 4) is 0 Å². The van der Waals surface area contributed by atoms with Crippen molar-refractivity contribution in [3.05, 3.63) is 0 Å². The van der Waals surface area contributed by atoms with Gasteiger partial charge in [-0.1, -0.05) is 0 Å². The van der Waals surface area contributed by atoms with Crippen LogP contribution in [0.4, 0.5) is 0 Å². The van der Waals surface area contributed by atoms with Crippen LogP contribution in [0.5, 0.6) is 0 Å². The van der Waals surface area contributed by atoms with Crippen LogP contribution >= 0.6 is 26.6 Å². The Morgan fingerprint density at radius 1 is 0.667 bits per heavy atom. The zero-order chi connectivity index (χ0) is 4.73. The lowest BCUT2D eigenvalue weighted by Crippen LogP contribution is -1.49. The molecular formula is C3H3P3. The average molecular weight is 132 g/mol. The Balaban J connectivity index is 3.04. The molecule has 1 aliphatic rings. The lowest BCUT2D eigenvalue weighted by atomic mass is 11.0. The Morgan fingerprint density at radius 3 is 0.833 bits per heavy atom. The summed E-state index contributed by atoms with van der Waals surface area (Å²) in [5, 5.41) is 3.43. The maximum atomic E-state index is 3.30. The highest BCUT2D eigenvalue weighted by molar-refractivity contribution is 7.67. The molecule has 0 aromatic heterocycles. The summed E-state index contributed by atoms with van der Waals surface area (Å²) >= 11 is 0. The van der Waals surface area contributed by atoms with Crippen molar-refractivity contribution in [2.24, 2.45) is 0 Å². The van der Waals surface area contributed by atoms with Gasteiger partial charge in [0.05, 0.1) is 0 Å². The van der Waals surface area contributed by atoms with Crippen LogP contribution in [-0.4, -0.2) is 15.9 Å². The van der Waals surface area contributed by atoms with Gasteiger partial charge in [-0.15, -0.1) is 26.6 Å². The van der Waals surface area contributed by atoms with Gasteiger partial charge in [-0.3, -0.25) is 0 Å². The smallest absolute Gasteiger partial charge is 0.0189 e. The van der Waals surface area contributed by atoms with Gasteiger partial charge in [-0.05, 0) is 0 Å². The fourth-order valence-electron chi connectivity index (χ4n) is 0.188. The Bertz CT molecular complexity index is 104. The molecule has 0 saturated heterocycles. The van der Waals surface area contributed by atoms with Gasteiger partial charge in [0.25, 0.3) is 0 Å².